The van der Waals surface area contributed by atoms with Crippen molar-refractivity contribution in [2.75, 3.05) is 11.9 Å². The molecule has 0 bridgehead atoms. The number of aryl methyl sites for hydroxylation is 1. The van der Waals surface area contributed by atoms with Gasteiger partial charge in [0.25, 0.3) is 0 Å². The minimum atomic E-state index is -0.498. The number of hydrogen-bond acceptors (Lipinski definition) is 4. The molecule has 5 heteroatoms. The van der Waals surface area contributed by atoms with Gasteiger partial charge in [-0.1, -0.05) is 27.7 Å². The molecule has 1 aromatic rings. The van der Waals surface area contributed by atoms with Crippen LogP contribution in [0.5, 0.6) is 0 Å². The summed E-state index contributed by atoms with van der Waals surface area (Å²) in [6.45, 7) is 9.60. The van der Waals surface area contributed by atoms with Gasteiger partial charge in [-0.05, 0) is 19.4 Å². The molecular weight excluding hydrogens is 262 g/mol. The van der Waals surface area contributed by atoms with Crippen molar-refractivity contribution in [1.29, 1.82) is 0 Å². The van der Waals surface area contributed by atoms with Gasteiger partial charge in [-0.25, -0.2) is 4.79 Å². The van der Waals surface area contributed by atoms with Gasteiger partial charge in [0.05, 0.1) is 12.2 Å². The fraction of sp³-hybridized carbons (Fsp3) is 0.571. The van der Waals surface area contributed by atoms with Crippen LogP contribution < -0.4 is 5.32 Å². The van der Waals surface area contributed by atoms with E-state index in [0.29, 0.717) is 17.2 Å². The van der Waals surface area contributed by atoms with Crippen LogP contribution in [0.1, 0.15) is 49.9 Å². The lowest BCUT2D eigenvalue weighted by Crippen LogP contribution is -2.27. The van der Waals surface area contributed by atoms with Gasteiger partial charge in [0.2, 0.25) is 5.91 Å². The molecule has 0 aromatic carbocycles. The molecule has 0 unspecified atom stereocenters. The number of amides is 1. The van der Waals surface area contributed by atoms with E-state index in [-0.39, 0.29) is 11.9 Å². The van der Waals surface area contributed by atoms with E-state index in [0.717, 1.165) is 11.3 Å². The summed E-state index contributed by atoms with van der Waals surface area (Å²) in [5.74, 6) is -0.495. The summed E-state index contributed by atoms with van der Waals surface area (Å²) in [6.07, 6.45) is 0.822. The highest BCUT2D eigenvalue weighted by molar-refractivity contribution is 7.16. The smallest absolute Gasteiger partial charge is 0.341 e. The zero-order valence-electron chi connectivity index (χ0n) is 12.1. The molecule has 4 nitrogen and oxygen atoms in total. The van der Waals surface area contributed by atoms with Crippen LogP contribution in [0.3, 0.4) is 0 Å². The van der Waals surface area contributed by atoms with E-state index >= 15 is 0 Å². The molecule has 0 aliphatic rings. The molecule has 106 valence electrons. The number of carbonyl (C=O) groups is 2. The van der Waals surface area contributed by atoms with Crippen molar-refractivity contribution in [2.24, 2.45) is 5.41 Å². The van der Waals surface area contributed by atoms with Crippen molar-refractivity contribution in [3.63, 3.8) is 0 Å². The van der Waals surface area contributed by atoms with Crippen LogP contribution in [0.15, 0.2) is 6.07 Å². The Hall–Kier alpha value is -1.36. The lowest BCUT2D eigenvalue weighted by molar-refractivity contribution is -0.123. The summed E-state index contributed by atoms with van der Waals surface area (Å²) in [5.41, 5.74) is -0.0521. The SMILES string of the molecule is CCOC(=O)c1cc(CC)sc1NC(=O)C(C)(C)C. The van der Waals surface area contributed by atoms with Crippen molar-refractivity contribution >= 4 is 28.2 Å². The van der Waals surface area contributed by atoms with Gasteiger partial charge in [-0.15, -0.1) is 11.3 Å². The highest BCUT2D eigenvalue weighted by atomic mass is 32.1. The highest BCUT2D eigenvalue weighted by Gasteiger charge is 2.25. The molecule has 0 saturated carbocycles. The normalized spacial score (nSPS) is 11.2. The minimum Gasteiger partial charge on any atom is -0.462 e. The maximum atomic E-state index is 12.0. The third kappa shape index (κ3) is 4.06. The number of esters is 1. The van der Waals surface area contributed by atoms with Crippen LogP contribution in [0.4, 0.5) is 5.00 Å². The van der Waals surface area contributed by atoms with Gasteiger partial charge in [0.15, 0.2) is 0 Å². The molecule has 1 rings (SSSR count). The van der Waals surface area contributed by atoms with Crippen LogP contribution in [0.2, 0.25) is 0 Å². The van der Waals surface area contributed by atoms with E-state index in [4.69, 9.17) is 4.74 Å². The fourth-order valence-corrected chi connectivity index (χ4v) is 2.34. The van der Waals surface area contributed by atoms with Gasteiger partial charge in [-0.2, -0.15) is 0 Å². The second-order valence-electron chi connectivity index (χ2n) is 5.23. The fourth-order valence-electron chi connectivity index (χ4n) is 1.36. The van der Waals surface area contributed by atoms with Crippen LogP contribution >= 0.6 is 11.3 Å². The van der Waals surface area contributed by atoms with Gasteiger partial charge in [0.1, 0.15) is 5.00 Å². The first-order chi connectivity index (χ1) is 8.79. The predicted octanol–water partition coefficient (Wildman–Crippen LogP) is 3.47. The van der Waals surface area contributed by atoms with Gasteiger partial charge in [-0.3, -0.25) is 4.79 Å². The Bertz CT molecular complexity index is 472. The number of rotatable bonds is 4. The maximum absolute atomic E-state index is 12.0. The monoisotopic (exact) mass is 283 g/mol. The zero-order valence-corrected chi connectivity index (χ0v) is 12.9. The summed E-state index contributed by atoms with van der Waals surface area (Å²) in [4.78, 5) is 24.9. The standard InChI is InChI=1S/C14H21NO3S/c1-6-9-8-10(12(16)18-7-2)11(19-9)15-13(17)14(3,4)5/h8H,6-7H2,1-5H3,(H,15,17). The van der Waals surface area contributed by atoms with E-state index in [1.165, 1.54) is 11.3 Å². The Morgan fingerprint density at radius 3 is 2.42 bits per heavy atom. The second kappa shape index (κ2) is 6.19. The molecule has 0 atom stereocenters. The van der Waals surface area contributed by atoms with Gasteiger partial charge >= 0.3 is 5.97 Å². The second-order valence-corrected chi connectivity index (χ2v) is 6.37. The topological polar surface area (TPSA) is 55.4 Å². The number of ether oxygens (including phenoxy) is 1. The number of anilines is 1. The van der Waals surface area contributed by atoms with Gasteiger partial charge in [0, 0.05) is 10.3 Å². The van der Waals surface area contributed by atoms with Crippen LogP contribution in [-0.4, -0.2) is 18.5 Å². The number of hydrogen-bond donors (Lipinski definition) is 1. The van der Waals surface area contributed by atoms with Gasteiger partial charge < -0.3 is 10.1 Å². The molecule has 0 aliphatic heterocycles. The third-order valence-corrected chi connectivity index (χ3v) is 3.73. The first kappa shape index (κ1) is 15.7. The summed E-state index contributed by atoms with van der Waals surface area (Å²) in [5, 5.41) is 3.40. The molecule has 1 aromatic heterocycles. The molecule has 1 N–H and O–H groups in total. The predicted molar refractivity (Wildman–Crippen MR) is 77.7 cm³/mol. The summed E-state index contributed by atoms with van der Waals surface area (Å²) < 4.78 is 5.01. The maximum Gasteiger partial charge on any atom is 0.341 e. The van der Waals surface area contributed by atoms with Crippen LogP contribution in [0.25, 0.3) is 0 Å². The number of nitrogens with one attached hydrogen (secondary N) is 1. The zero-order chi connectivity index (χ0) is 14.6. The van der Waals surface area contributed by atoms with E-state index in [1.807, 2.05) is 27.7 Å². The number of thiophene rings is 1. The van der Waals surface area contributed by atoms with Crippen molar-refractivity contribution < 1.29 is 14.3 Å². The Morgan fingerprint density at radius 2 is 1.95 bits per heavy atom. The average Bonchev–Trinajstić information content (AvgIpc) is 2.71. The van der Waals surface area contributed by atoms with E-state index < -0.39 is 5.41 Å². The van der Waals surface area contributed by atoms with Crippen LogP contribution in [-0.2, 0) is 16.0 Å². The first-order valence-corrected chi connectivity index (χ1v) is 7.22. The van der Waals surface area contributed by atoms with E-state index in [9.17, 15) is 9.59 Å². The molecule has 19 heavy (non-hydrogen) atoms. The van der Waals surface area contributed by atoms with Crippen molar-refractivity contribution in [3.8, 4) is 0 Å². The quantitative estimate of drug-likeness (QED) is 0.861. The molecule has 0 fully saturated rings. The Labute approximate surface area is 118 Å². The third-order valence-electron chi connectivity index (χ3n) is 2.54. The lowest BCUT2D eigenvalue weighted by Gasteiger charge is -2.17. The molecule has 0 radical (unpaired) electrons. The number of carbonyl (C=O) groups excluding carboxylic acids is 2. The molecule has 1 heterocycles. The summed E-state index contributed by atoms with van der Waals surface area (Å²) in [6, 6.07) is 1.79. The van der Waals surface area contributed by atoms with E-state index in [1.54, 1.807) is 13.0 Å². The van der Waals surface area contributed by atoms with Crippen LogP contribution in [0, 0.1) is 5.41 Å². The average molecular weight is 283 g/mol. The summed E-state index contributed by atoms with van der Waals surface area (Å²) in [7, 11) is 0. The van der Waals surface area contributed by atoms with Crippen molar-refractivity contribution in [2.45, 2.75) is 41.0 Å². The first-order valence-electron chi connectivity index (χ1n) is 6.40. The Kier molecular flexibility index (Phi) is 5.11. The highest BCUT2D eigenvalue weighted by Crippen LogP contribution is 2.30. The minimum absolute atomic E-state index is 0.109. The Balaban J connectivity index is 3.02. The molecule has 0 aliphatic carbocycles. The summed E-state index contributed by atoms with van der Waals surface area (Å²) >= 11 is 1.43. The van der Waals surface area contributed by atoms with Crippen molar-refractivity contribution in [1.82, 2.24) is 0 Å². The molecular formula is C14H21NO3S. The van der Waals surface area contributed by atoms with Crippen molar-refractivity contribution in [3.05, 3.63) is 16.5 Å². The lowest BCUT2D eigenvalue weighted by atomic mass is 9.96. The molecule has 1 amide bonds. The van der Waals surface area contributed by atoms with E-state index in [2.05, 4.69) is 5.32 Å². The molecule has 0 spiro atoms. The Morgan fingerprint density at radius 1 is 1.32 bits per heavy atom. The molecule has 0 saturated heterocycles. The largest absolute Gasteiger partial charge is 0.462 e.